The lowest BCUT2D eigenvalue weighted by Gasteiger charge is -2.28. The van der Waals surface area contributed by atoms with E-state index in [4.69, 9.17) is 0 Å². The lowest BCUT2D eigenvalue weighted by atomic mass is 9.84. The highest BCUT2D eigenvalue weighted by atomic mass is 32.2. The number of hydrogen-bond acceptors (Lipinski definition) is 4. The minimum atomic E-state index is -3.35. The Morgan fingerprint density at radius 3 is 2.62 bits per heavy atom. The van der Waals surface area contributed by atoms with Gasteiger partial charge in [-0.3, -0.25) is 0 Å². The van der Waals surface area contributed by atoms with E-state index in [1.54, 1.807) is 11.4 Å². The first kappa shape index (κ1) is 16.9. The highest BCUT2D eigenvalue weighted by molar-refractivity contribution is 7.89. The van der Waals surface area contributed by atoms with E-state index < -0.39 is 10.0 Å². The van der Waals surface area contributed by atoms with E-state index in [1.807, 2.05) is 7.05 Å². The second kappa shape index (κ2) is 7.72. The van der Waals surface area contributed by atoms with E-state index in [9.17, 15) is 8.42 Å². The molecule has 1 heterocycles. The van der Waals surface area contributed by atoms with Crippen LogP contribution >= 0.6 is 11.3 Å². The van der Waals surface area contributed by atoms with Crippen molar-refractivity contribution in [3.05, 3.63) is 16.3 Å². The van der Waals surface area contributed by atoms with Crippen molar-refractivity contribution in [2.24, 2.45) is 5.92 Å². The van der Waals surface area contributed by atoms with Gasteiger partial charge in [-0.25, -0.2) is 13.1 Å². The van der Waals surface area contributed by atoms with Crippen LogP contribution in [0.15, 0.2) is 16.3 Å². The van der Waals surface area contributed by atoms with E-state index in [-0.39, 0.29) is 6.04 Å². The standard InChI is InChI=1S/C15H26N2O2S2/c1-3-4-12-5-7-13(8-6-12)17-21(18,19)15-9-14(10-16-2)20-11-15/h9,11-13,16-17H,3-8,10H2,1-2H3. The Kier molecular flexibility index (Phi) is 6.22. The molecule has 21 heavy (non-hydrogen) atoms. The van der Waals surface area contributed by atoms with Gasteiger partial charge < -0.3 is 5.32 Å². The van der Waals surface area contributed by atoms with Crippen LogP contribution in [0.3, 0.4) is 0 Å². The van der Waals surface area contributed by atoms with Crippen LogP contribution in [0.25, 0.3) is 0 Å². The molecule has 0 saturated heterocycles. The summed E-state index contributed by atoms with van der Waals surface area (Å²) in [6.07, 6.45) is 6.74. The van der Waals surface area contributed by atoms with Crippen LogP contribution in [0.2, 0.25) is 0 Å². The maximum atomic E-state index is 12.4. The van der Waals surface area contributed by atoms with Crippen molar-refractivity contribution in [1.82, 2.24) is 10.0 Å². The molecule has 0 amide bonds. The molecule has 2 N–H and O–H groups in total. The Morgan fingerprint density at radius 2 is 2.00 bits per heavy atom. The van der Waals surface area contributed by atoms with Gasteiger partial charge in [0.1, 0.15) is 0 Å². The summed E-state index contributed by atoms with van der Waals surface area (Å²) in [7, 11) is -1.49. The molecule has 0 unspecified atom stereocenters. The number of nitrogens with one attached hydrogen (secondary N) is 2. The summed E-state index contributed by atoms with van der Waals surface area (Å²) in [4.78, 5) is 1.46. The monoisotopic (exact) mass is 330 g/mol. The van der Waals surface area contributed by atoms with Gasteiger partial charge in [0.15, 0.2) is 0 Å². The molecule has 4 nitrogen and oxygen atoms in total. The summed E-state index contributed by atoms with van der Waals surface area (Å²) >= 11 is 1.49. The van der Waals surface area contributed by atoms with Gasteiger partial charge in [0, 0.05) is 22.8 Å². The minimum Gasteiger partial charge on any atom is -0.315 e. The molecule has 0 bridgehead atoms. The average molecular weight is 331 g/mol. The number of rotatable bonds is 7. The maximum absolute atomic E-state index is 12.4. The summed E-state index contributed by atoms with van der Waals surface area (Å²) < 4.78 is 27.7. The maximum Gasteiger partial charge on any atom is 0.241 e. The summed E-state index contributed by atoms with van der Waals surface area (Å²) in [6, 6.07) is 1.88. The van der Waals surface area contributed by atoms with Crippen molar-refractivity contribution < 1.29 is 8.42 Å². The molecule has 0 aromatic carbocycles. The van der Waals surface area contributed by atoms with Crippen LogP contribution in [0.5, 0.6) is 0 Å². The fourth-order valence-corrected chi connectivity index (χ4v) is 5.62. The van der Waals surface area contributed by atoms with Crippen LogP contribution in [-0.4, -0.2) is 21.5 Å². The number of hydrogen-bond donors (Lipinski definition) is 2. The first-order valence-electron chi connectivity index (χ1n) is 7.79. The SMILES string of the molecule is CCCC1CCC(NS(=O)(=O)c2csc(CNC)c2)CC1. The molecule has 1 aromatic heterocycles. The molecule has 0 aliphatic heterocycles. The normalized spacial score (nSPS) is 23.3. The predicted molar refractivity (Wildman–Crippen MR) is 88.1 cm³/mol. The predicted octanol–water partition coefficient (Wildman–Crippen LogP) is 3.10. The van der Waals surface area contributed by atoms with Crippen molar-refractivity contribution in [1.29, 1.82) is 0 Å². The van der Waals surface area contributed by atoms with E-state index >= 15 is 0 Å². The topological polar surface area (TPSA) is 58.2 Å². The molecule has 0 radical (unpaired) electrons. The zero-order valence-electron chi connectivity index (χ0n) is 12.9. The van der Waals surface area contributed by atoms with Gasteiger partial charge in [0.2, 0.25) is 10.0 Å². The third kappa shape index (κ3) is 4.77. The summed E-state index contributed by atoms with van der Waals surface area (Å²) in [5, 5.41) is 4.78. The molecule has 2 rings (SSSR count). The molecular formula is C15H26N2O2S2. The molecule has 0 atom stereocenters. The van der Waals surface area contributed by atoms with E-state index in [2.05, 4.69) is 17.0 Å². The third-order valence-corrected chi connectivity index (χ3v) is 6.74. The van der Waals surface area contributed by atoms with Crippen molar-refractivity contribution >= 4 is 21.4 Å². The lowest BCUT2D eigenvalue weighted by molar-refractivity contribution is 0.297. The van der Waals surface area contributed by atoms with Gasteiger partial charge >= 0.3 is 0 Å². The summed E-state index contributed by atoms with van der Waals surface area (Å²) in [5.74, 6) is 0.791. The van der Waals surface area contributed by atoms with Crippen LogP contribution in [-0.2, 0) is 16.6 Å². The average Bonchev–Trinajstić information content (AvgIpc) is 2.91. The van der Waals surface area contributed by atoms with Gasteiger partial charge in [-0.2, -0.15) is 0 Å². The molecule has 1 aromatic rings. The molecule has 1 aliphatic rings. The third-order valence-electron chi connectivity index (χ3n) is 4.16. The molecule has 0 spiro atoms. The lowest BCUT2D eigenvalue weighted by Crippen LogP contribution is -2.37. The molecule has 6 heteroatoms. The highest BCUT2D eigenvalue weighted by Crippen LogP contribution is 2.29. The van der Waals surface area contributed by atoms with Gasteiger partial charge in [-0.1, -0.05) is 19.8 Å². The van der Waals surface area contributed by atoms with E-state index in [1.165, 1.54) is 24.2 Å². The van der Waals surface area contributed by atoms with Crippen molar-refractivity contribution in [2.45, 2.75) is 62.9 Å². The van der Waals surface area contributed by atoms with Gasteiger partial charge in [0.25, 0.3) is 0 Å². The largest absolute Gasteiger partial charge is 0.315 e. The quantitative estimate of drug-likeness (QED) is 0.807. The second-order valence-electron chi connectivity index (χ2n) is 5.91. The van der Waals surface area contributed by atoms with Gasteiger partial charge in [0.05, 0.1) is 4.90 Å². The zero-order chi connectivity index (χ0) is 15.3. The first-order valence-corrected chi connectivity index (χ1v) is 10.2. The Morgan fingerprint density at radius 1 is 1.29 bits per heavy atom. The molecule has 1 aliphatic carbocycles. The zero-order valence-corrected chi connectivity index (χ0v) is 14.5. The fraction of sp³-hybridized carbons (Fsp3) is 0.733. The van der Waals surface area contributed by atoms with Crippen LogP contribution < -0.4 is 10.0 Å². The molecule has 1 fully saturated rings. The second-order valence-corrected chi connectivity index (χ2v) is 8.62. The Labute approximate surface area is 132 Å². The molecular weight excluding hydrogens is 304 g/mol. The van der Waals surface area contributed by atoms with Crippen molar-refractivity contribution in [3.63, 3.8) is 0 Å². The Hall–Kier alpha value is -0.430. The summed E-state index contributed by atoms with van der Waals surface area (Å²) in [5.41, 5.74) is 0. The Balaban J connectivity index is 1.92. The van der Waals surface area contributed by atoms with Crippen molar-refractivity contribution in [3.8, 4) is 0 Å². The van der Waals surface area contributed by atoms with Crippen molar-refractivity contribution in [2.75, 3.05) is 7.05 Å². The van der Waals surface area contributed by atoms with Gasteiger partial charge in [-0.05, 0) is 44.7 Å². The smallest absolute Gasteiger partial charge is 0.241 e. The fourth-order valence-electron chi connectivity index (χ4n) is 3.03. The molecule has 120 valence electrons. The van der Waals surface area contributed by atoms with Crippen LogP contribution in [0.1, 0.15) is 50.3 Å². The minimum absolute atomic E-state index is 0.107. The van der Waals surface area contributed by atoms with E-state index in [0.29, 0.717) is 11.4 Å². The highest BCUT2D eigenvalue weighted by Gasteiger charge is 2.25. The Bertz CT molecular complexity index is 532. The molecule has 1 saturated carbocycles. The summed E-state index contributed by atoms with van der Waals surface area (Å²) in [6.45, 7) is 2.93. The van der Waals surface area contributed by atoms with Crippen LogP contribution in [0.4, 0.5) is 0 Å². The van der Waals surface area contributed by atoms with Crippen LogP contribution in [0, 0.1) is 5.92 Å². The number of sulfonamides is 1. The number of thiophene rings is 1. The van der Waals surface area contributed by atoms with E-state index in [0.717, 1.165) is 36.5 Å². The van der Waals surface area contributed by atoms with Gasteiger partial charge in [-0.15, -0.1) is 11.3 Å². The first-order chi connectivity index (χ1) is 10.0.